The minimum Gasteiger partial charge on any atom is -0.457 e. The van der Waals surface area contributed by atoms with Gasteiger partial charge in [-0.05, 0) is 67.9 Å². The average molecular weight is 431 g/mol. The van der Waals surface area contributed by atoms with Crippen LogP contribution in [0.1, 0.15) is 18.5 Å². The zero-order chi connectivity index (χ0) is 22.4. The molecule has 7 nitrogen and oxygen atoms in total. The SMILES string of the molecule is NC(=O)C1(c2ccccn2)CCCN(CC(=O)Nc2ccc(Oc3ccccc3)cc2)C1. The van der Waals surface area contributed by atoms with Crippen molar-refractivity contribution in [2.75, 3.05) is 25.0 Å². The van der Waals surface area contributed by atoms with Crippen molar-refractivity contribution in [1.82, 2.24) is 9.88 Å². The van der Waals surface area contributed by atoms with Crippen molar-refractivity contribution in [2.24, 2.45) is 5.73 Å². The molecular formula is C25H26N4O3. The summed E-state index contributed by atoms with van der Waals surface area (Å²) in [6.45, 7) is 1.26. The number of ether oxygens (including phenoxy) is 1. The maximum absolute atomic E-state index is 12.7. The number of rotatable bonds is 7. The lowest BCUT2D eigenvalue weighted by molar-refractivity contribution is -0.127. The van der Waals surface area contributed by atoms with Gasteiger partial charge in [0.15, 0.2) is 0 Å². The Labute approximate surface area is 187 Å². The summed E-state index contributed by atoms with van der Waals surface area (Å²) in [5, 5.41) is 2.91. The number of amides is 2. The predicted molar refractivity (Wildman–Crippen MR) is 122 cm³/mol. The third-order valence-electron chi connectivity index (χ3n) is 5.68. The average Bonchev–Trinajstić information content (AvgIpc) is 2.81. The molecule has 164 valence electrons. The standard InChI is InChI=1S/C25H26N4O3/c26-24(31)25(22-9-4-5-15-27-22)14-6-16-29(18-25)17-23(30)28-19-10-12-21(13-11-19)32-20-7-2-1-3-8-20/h1-5,7-13,15H,6,14,16-18H2,(H2,26,31)(H,28,30). The first-order valence-electron chi connectivity index (χ1n) is 10.6. The summed E-state index contributed by atoms with van der Waals surface area (Å²) in [5.74, 6) is 0.880. The monoisotopic (exact) mass is 430 g/mol. The van der Waals surface area contributed by atoms with Crippen molar-refractivity contribution in [1.29, 1.82) is 0 Å². The highest BCUT2D eigenvalue weighted by Gasteiger charge is 2.43. The molecular weight excluding hydrogens is 404 g/mol. The van der Waals surface area contributed by atoms with E-state index in [0.717, 1.165) is 18.7 Å². The molecule has 3 N–H and O–H groups in total. The molecule has 1 aromatic heterocycles. The molecule has 0 aliphatic carbocycles. The number of benzene rings is 2. The zero-order valence-corrected chi connectivity index (χ0v) is 17.7. The first kappa shape index (κ1) is 21.5. The van der Waals surface area contributed by atoms with Gasteiger partial charge < -0.3 is 15.8 Å². The second-order valence-corrected chi connectivity index (χ2v) is 7.96. The summed E-state index contributed by atoms with van der Waals surface area (Å²) in [5.41, 5.74) is 6.26. The van der Waals surface area contributed by atoms with Crippen molar-refractivity contribution in [3.63, 3.8) is 0 Å². The Balaban J connectivity index is 1.37. The van der Waals surface area contributed by atoms with Crippen LogP contribution in [0.25, 0.3) is 0 Å². The van der Waals surface area contributed by atoms with Crippen LogP contribution in [0, 0.1) is 0 Å². The van der Waals surface area contributed by atoms with Gasteiger partial charge in [-0.15, -0.1) is 0 Å². The summed E-state index contributed by atoms with van der Waals surface area (Å²) in [6.07, 6.45) is 3.05. The summed E-state index contributed by atoms with van der Waals surface area (Å²) in [4.78, 5) is 31.4. The summed E-state index contributed by atoms with van der Waals surface area (Å²) < 4.78 is 5.78. The number of nitrogens with zero attached hydrogens (tertiary/aromatic N) is 2. The molecule has 1 fully saturated rings. The Morgan fingerprint density at radius 2 is 1.72 bits per heavy atom. The van der Waals surface area contributed by atoms with Crippen LogP contribution in [0.3, 0.4) is 0 Å². The minimum absolute atomic E-state index is 0.150. The molecule has 1 unspecified atom stereocenters. The second kappa shape index (κ2) is 9.62. The topological polar surface area (TPSA) is 97.6 Å². The highest BCUT2D eigenvalue weighted by molar-refractivity contribution is 5.92. The molecule has 2 amide bonds. The Morgan fingerprint density at radius 1 is 1.00 bits per heavy atom. The van der Waals surface area contributed by atoms with E-state index < -0.39 is 11.3 Å². The van der Waals surface area contributed by atoms with E-state index in [1.54, 1.807) is 18.3 Å². The van der Waals surface area contributed by atoms with Gasteiger partial charge in [0.1, 0.15) is 16.9 Å². The Bertz CT molecular complexity index is 1060. The van der Waals surface area contributed by atoms with E-state index in [4.69, 9.17) is 10.5 Å². The van der Waals surface area contributed by atoms with Gasteiger partial charge in [0.05, 0.1) is 12.2 Å². The number of primary amides is 1. The van der Waals surface area contributed by atoms with Crippen LogP contribution in [0.15, 0.2) is 79.0 Å². The van der Waals surface area contributed by atoms with Crippen molar-refractivity contribution in [3.8, 4) is 11.5 Å². The largest absolute Gasteiger partial charge is 0.457 e. The van der Waals surface area contributed by atoms with Gasteiger partial charge in [-0.1, -0.05) is 24.3 Å². The van der Waals surface area contributed by atoms with Crippen LogP contribution < -0.4 is 15.8 Å². The van der Waals surface area contributed by atoms with Crippen LogP contribution in [-0.4, -0.2) is 41.3 Å². The predicted octanol–water partition coefficient (Wildman–Crippen LogP) is 3.33. The number of carbonyl (C=O) groups is 2. The highest BCUT2D eigenvalue weighted by atomic mass is 16.5. The number of pyridine rings is 1. The Kier molecular flexibility index (Phi) is 6.47. The van der Waals surface area contributed by atoms with Gasteiger partial charge in [-0.25, -0.2) is 0 Å². The van der Waals surface area contributed by atoms with E-state index in [0.29, 0.717) is 30.1 Å². The van der Waals surface area contributed by atoms with Crippen molar-refractivity contribution < 1.29 is 14.3 Å². The number of nitrogens with two attached hydrogens (primary N) is 1. The van der Waals surface area contributed by atoms with Crippen molar-refractivity contribution in [3.05, 3.63) is 84.7 Å². The van der Waals surface area contributed by atoms with Crippen LogP contribution in [0.2, 0.25) is 0 Å². The lowest BCUT2D eigenvalue weighted by atomic mass is 9.76. The number of para-hydroxylation sites is 1. The number of hydrogen-bond acceptors (Lipinski definition) is 5. The number of carbonyl (C=O) groups excluding carboxylic acids is 2. The van der Waals surface area contributed by atoms with E-state index in [1.165, 1.54) is 0 Å². The van der Waals surface area contributed by atoms with E-state index >= 15 is 0 Å². The maximum Gasteiger partial charge on any atom is 0.238 e. The number of likely N-dealkylation sites (tertiary alicyclic amines) is 1. The van der Waals surface area contributed by atoms with E-state index in [-0.39, 0.29) is 12.5 Å². The van der Waals surface area contributed by atoms with Crippen LogP contribution in [0.4, 0.5) is 5.69 Å². The molecule has 2 heterocycles. The zero-order valence-electron chi connectivity index (χ0n) is 17.7. The van der Waals surface area contributed by atoms with Gasteiger partial charge in [-0.2, -0.15) is 0 Å². The molecule has 1 saturated heterocycles. The van der Waals surface area contributed by atoms with Gasteiger partial charge >= 0.3 is 0 Å². The fourth-order valence-corrected chi connectivity index (χ4v) is 4.10. The molecule has 1 aliphatic rings. The summed E-state index contributed by atoms with van der Waals surface area (Å²) in [7, 11) is 0. The smallest absolute Gasteiger partial charge is 0.238 e. The molecule has 1 atom stereocenters. The molecule has 32 heavy (non-hydrogen) atoms. The molecule has 0 bridgehead atoms. The van der Waals surface area contributed by atoms with Crippen LogP contribution in [-0.2, 0) is 15.0 Å². The second-order valence-electron chi connectivity index (χ2n) is 7.96. The quantitative estimate of drug-likeness (QED) is 0.599. The van der Waals surface area contributed by atoms with Crippen LogP contribution >= 0.6 is 0 Å². The summed E-state index contributed by atoms with van der Waals surface area (Å²) >= 11 is 0. The number of anilines is 1. The molecule has 3 aromatic rings. The fraction of sp³-hybridized carbons (Fsp3) is 0.240. The molecule has 7 heteroatoms. The number of piperidine rings is 1. The normalized spacial score (nSPS) is 18.6. The molecule has 2 aromatic carbocycles. The molecule has 0 radical (unpaired) electrons. The first-order chi connectivity index (χ1) is 15.5. The third-order valence-corrected chi connectivity index (χ3v) is 5.68. The first-order valence-corrected chi connectivity index (χ1v) is 10.6. The molecule has 1 aliphatic heterocycles. The number of nitrogens with one attached hydrogen (secondary N) is 1. The van der Waals surface area contributed by atoms with Gasteiger partial charge in [0.2, 0.25) is 11.8 Å². The molecule has 4 rings (SSSR count). The summed E-state index contributed by atoms with van der Waals surface area (Å²) in [6, 6.07) is 22.2. The third kappa shape index (κ3) is 4.95. The molecule has 0 spiro atoms. The van der Waals surface area contributed by atoms with Crippen molar-refractivity contribution >= 4 is 17.5 Å². The van der Waals surface area contributed by atoms with E-state index in [2.05, 4.69) is 10.3 Å². The number of aromatic nitrogens is 1. The van der Waals surface area contributed by atoms with Gasteiger partial charge in [-0.3, -0.25) is 19.5 Å². The van der Waals surface area contributed by atoms with Crippen LogP contribution in [0.5, 0.6) is 11.5 Å². The lowest BCUT2D eigenvalue weighted by Crippen LogP contribution is -2.55. The highest BCUT2D eigenvalue weighted by Crippen LogP contribution is 2.32. The van der Waals surface area contributed by atoms with Gasteiger partial charge in [0, 0.05) is 18.4 Å². The Morgan fingerprint density at radius 3 is 2.41 bits per heavy atom. The maximum atomic E-state index is 12.7. The lowest BCUT2D eigenvalue weighted by Gasteiger charge is -2.40. The van der Waals surface area contributed by atoms with Gasteiger partial charge in [0.25, 0.3) is 0 Å². The Hall–Kier alpha value is -3.71. The van der Waals surface area contributed by atoms with Crippen molar-refractivity contribution in [2.45, 2.75) is 18.3 Å². The minimum atomic E-state index is -0.879. The molecule has 0 saturated carbocycles. The number of hydrogen-bond donors (Lipinski definition) is 2. The van der Waals surface area contributed by atoms with E-state index in [9.17, 15) is 9.59 Å². The fourth-order valence-electron chi connectivity index (χ4n) is 4.10. The van der Waals surface area contributed by atoms with E-state index in [1.807, 2.05) is 65.6 Å².